The number of carboxylic acid groups (broad SMARTS) is 1. The Labute approximate surface area is 457 Å². The van der Waals surface area contributed by atoms with Crippen LogP contribution in [0.25, 0.3) is 0 Å². The summed E-state index contributed by atoms with van der Waals surface area (Å²) in [5.74, 6) is -11.8. The highest BCUT2D eigenvalue weighted by Crippen LogP contribution is 2.24. The van der Waals surface area contributed by atoms with E-state index < -0.39 is 132 Å². The van der Waals surface area contributed by atoms with Gasteiger partial charge in [0.1, 0.15) is 18.1 Å². The van der Waals surface area contributed by atoms with Crippen molar-refractivity contribution in [2.24, 2.45) is 74.0 Å². The van der Waals surface area contributed by atoms with Gasteiger partial charge in [0, 0.05) is 56.7 Å². The van der Waals surface area contributed by atoms with E-state index in [1.165, 1.54) is 18.7 Å². The van der Waals surface area contributed by atoms with E-state index in [0.29, 0.717) is 63.6 Å². The van der Waals surface area contributed by atoms with E-state index in [4.69, 9.17) is 34.4 Å². The molecule has 0 saturated carbocycles. The van der Waals surface area contributed by atoms with Gasteiger partial charge >= 0.3 is 5.97 Å². The lowest BCUT2D eigenvalue weighted by Crippen LogP contribution is -2.56. The van der Waals surface area contributed by atoms with Crippen LogP contribution in [0.5, 0.6) is 0 Å². The molecule has 10 atom stereocenters. The second-order valence-electron chi connectivity index (χ2n) is 20.8. The molecule has 0 bridgehead atoms. The number of hydrogen-bond donors (Lipinski definition) is 12. The molecule has 25 heteroatoms. The number of likely N-dealkylation sites (tertiary alicyclic amines) is 1. The lowest BCUT2D eigenvalue weighted by Gasteiger charge is -2.28. The number of ketones is 3. The number of hydrogen-bond acceptors (Lipinski definition) is 14. The number of unbranched alkanes of at least 4 members (excludes halogenated alkanes) is 1. The van der Waals surface area contributed by atoms with Crippen LogP contribution in [0.1, 0.15) is 130 Å². The standard InChI is InChI=1S/C53H87N13O12/c1-30(2)24-35(46(55)73)26-41(68)39(18-12-22-61-53(58)59)64-48(75)36(25-34-15-7-6-8-16-34)27-42(69)38(17-9-10-20-54)63-49(76)37(29-44(71)72)28-43(70)45(33(5)67)65-47(74)32(4)62-50(77)40-19-13-23-66(40)51(78)31(3)14-11-21-60-52(56)57/h6-8,15-16,30-33,35-40,45,67H,9-14,17-29,54H2,1-5H3,(H2,55,73)(H,62,77)(H,63,76)(H,64,75)(H,65,74)(H,71,72)(H4,56,57,60)(H4,58,59,61)/t31-,32-,33+,35+,36+,37-,38-,39-,40-,45-/m0/s1. The molecule has 0 aliphatic carbocycles. The van der Waals surface area contributed by atoms with Gasteiger partial charge in [0.05, 0.1) is 30.5 Å². The summed E-state index contributed by atoms with van der Waals surface area (Å²) in [6, 6.07) is 2.47. The van der Waals surface area contributed by atoms with Gasteiger partial charge in [-0.3, -0.25) is 57.9 Å². The van der Waals surface area contributed by atoms with Crippen LogP contribution in [0.15, 0.2) is 40.3 Å². The number of Topliss-reactive ketones (excluding diaryl/α,β-unsaturated/α-hetero) is 3. The van der Waals surface area contributed by atoms with Crippen molar-refractivity contribution in [2.75, 3.05) is 26.2 Å². The van der Waals surface area contributed by atoms with Crippen molar-refractivity contribution in [1.82, 2.24) is 26.2 Å². The predicted octanol–water partition coefficient (Wildman–Crippen LogP) is -0.835. The van der Waals surface area contributed by atoms with E-state index >= 15 is 0 Å². The number of rotatable bonds is 38. The van der Waals surface area contributed by atoms with Crippen LogP contribution in [-0.4, -0.2) is 148 Å². The van der Waals surface area contributed by atoms with Crippen LogP contribution in [0.3, 0.4) is 0 Å². The number of aliphatic imine (C=N–C) groups is 2. The third-order valence-electron chi connectivity index (χ3n) is 13.5. The third-order valence-corrected chi connectivity index (χ3v) is 13.5. The molecule has 0 unspecified atom stereocenters. The van der Waals surface area contributed by atoms with Gasteiger partial charge in [-0.2, -0.15) is 0 Å². The van der Waals surface area contributed by atoms with Crippen LogP contribution in [0.2, 0.25) is 0 Å². The van der Waals surface area contributed by atoms with Gasteiger partial charge in [0.25, 0.3) is 0 Å². The zero-order valence-corrected chi connectivity index (χ0v) is 46.0. The number of aliphatic hydroxyl groups excluding tert-OH is 1. The molecule has 1 aliphatic rings. The Hall–Kier alpha value is -7.02. The van der Waals surface area contributed by atoms with E-state index in [9.17, 15) is 58.2 Å². The van der Waals surface area contributed by atoms with Crippen LogP contribution < -0.4 is 55.7 Å². The Morgan fingerprint density at radius 1 is 0.654 bits per heavy atom. The lowest BCUT2D eigenvalue weighted by atomic mass is 9.87. The lowest BCUT2D eigenvalue weighted by molar-refractivity contribution is -0.143. The number of nitrogens with zero attached hydrogens (tertiary/aromatic N) is 3. The molecule has 0 radical (unpaired) electrons. The molecule has 6 amide bonds. The number of benzene rings is 1. The Morgan fingerprint density at radius 2 is 1.19 bits per heavy atom. The van der Waals surface area contributed by atoms with E-state index in [1.807, 2.05) is 13.8 Å². The Balaban J connectivity index is 2.35. The van der Waals surface area contributed by atoms with Crippen molar-refractivity contribution in [1.29, 1.82) is 0 Å². The monoisotopic (exact) mass is 1100 g/mol. The summed E-state index contributed by atoms with van der Waals surface area (Å²) in [7, 11) is 0. The zero-order valence-electron chi connectivity index (χ0n) is 46.0. The predicted molar refractivity (Wildman–Crippen MR) is 292 cm³/mol. The maximum atomic E-state index is 14.4. The summed E-state index contributed by atoms with van der Waals surface area (Å²) >= 11 is 0. The van der Waals surface area contributed by atoms with Gasteiger partial charge in [-0.1, -0.05) is 51.1 Å². The van der Waals surface area contributed by atoms with Crippen molar-refractivity contribution in [3.05, 3.63) is 35.9 Å². The summed E-state index contributed by atoms with van der Waals surface area (Å²) in [5.41, 5.74) is 33.9. The fraction of sp³-hybridized carbons (Fsp3) is 0.660. The number of carbonyl (C=O) groups is 10. The topological polar surface area (TPSA) is 443 Å². The fourth-order valence-electron chi connectivity index (χ4n) is 9.28. The van der Waals surface area contributed by atoms with Gasteiger partial charge in [-0.15, -0.1) is 0 Å². The first kappa shape index (κ1) is 67.1. The highest BCUT2D eigenvalue weighted by Gasteiger charge is 2.39. The Kier molecular flexibility index (Phi) is 29.8. The number of carboxylic acids is 1. The van der Waals surface area contributed by atoms with Crippen molar-refractivity contribution in [3.8, 4) is 0 Å². The second kappa shape index (κ2) is 34.7. The molecule has 1 aromatic carbocycles. The van der Waals surface area contributed by atoms with E-state index in [0.717, 1.165) is 0 Å². The normalized spacial score (nSPS) is 16.6. The summed E-state index contributed by atoms with van der Waals surface area (Å²) in [4.78, 5) is 145. The molecule has 1 saturated heterocycles. The van der Waals surface area contributed by atoms with Crippen molar-refractivity contribution in [2.45, 2.75) is 167 Å². The molecule has 0 spiro atoms. The highest BCUT2D eigenvalue weighted by atomic mass is 16.4. The van der Waals surface area contributed by atoms with Crippen LogP contribution in [-0.2, 0) is 54.4 Å². The number of amides is 6. The number of aliphatic carboxylic acids is 1. The summed E-state index contributed by atoms with van der Waals surface area (Å²) < 4.78 is 0. The van der Waals surface area contributed by atoms with Gasteiger partial charge in [-0.05, 0) is 103 Å². The number of guanidine groups is 2. The molecule has 1 heterocycles. The van der Waals surface area contributed by atoms with Gasteiger partial charge in [0.15, 0.2) is 29.3 Å². The number of primary amides is 1. The van der Waals surface area contributed by atoms with E-state index in [2.05, 4.69) is 31.3 Å². The number of nitrogens with one attached hydrogen (secondary N) is 4. The average Bonchev–Trinajstić information content (AvgIpc) is 3.87. The zero-order chi connectivity index (χ0) is 58.6. The molecule has 1 fully saturated rings. The molecule has 25 nitrogen and oxygen atoms in total. The largest absolute Gasteiger partial charge is 0.481 e. The van der Waals surface area contributed by atoms with E-state index in [-0.39, 0.29) is 68.9 Å². The summed E-state index contributed by atoms with van der Waals surface area (Å²) in [6.07, 6.45) is -0.703. The Morgan fingerprint density at radius 3 is 1.72 bits per heavy atom. The minimum Gasteiger partial charge on any atom is -0.481 e. The van der Waals surface area contributed by atoms with Crippen LogP contribution >= 0.6 is 0 Å². The van der Waals surface area contributed by atoms with Crippen molar-refractivity contribution < 1.29 is 58.2 Å². The molecule has 0 aromatic heterocycles. The van der Waals surface area contributed by atoms with Crippen LogP contribution in [0, 0.1) is 29.6 Å². The molecule has 436 valence electrons. The third kappa shape index (κ3) is 24.5. The molecule has 18 N–H and O–H groups in total. The first-order chi connectivity index (χ1) is 36.7. The first-order valence-electron chi connectivity index (χ1n) is 26.9. The first-order valence-corrected chi connectivity index (χ1v) is 26.9. The van der Waals surface area contributed by atoms with Gasteiger partial charge in [-0.25, -0.2) is 0 Å². The second-order valence-corrected chi connectivity index (χ2v) is 20.8. The maximum absolute atomic E-state index is 14.4. The molecule has 1 aliphatic heterocycles. The minimum atomic E-state index is -1.68. The number of carbonyl (C=O) groups excluding carboxylic acids is 9. The molecule has 2 rings (SSSR count). The summed E-state index contributed by atoms with van der Waals surface area (Å²) in [6.45, 7) is 9.03. The molecular formula is C53H87N13O12. The number of aliphatic hydroxyl groups is 1. The molecule has 1 aromatic rings. The highest BCUT2D eigenvalue weighted by molar-refractivity contribution is 5.99. The fourth-order valence-corrected chi connectivity index (χ4v) is 9.28. The Bertz CT molecular complexity index is 2240. The quantitative estimate of drug-likeness (QED) is 0.0218. The molecule has 78 heavy (non-hydrogen) atoms. The minimum absolute atomic E-state index is 0.00785. The van der Waals surface area contributed by atoms with Crippen molar-refractivity contribution >= 4 is 70.7 Å². The van der Waals surface area contributed by atoms with E-state index in [1.54, 1.807) is 37.3 Å². The summed E-state index contributed by atoms with van der Waals surface area (Å²) in [5, 5.41) is 31.0. The SMILES string of the molecule is CC(C)C[C@H](CC(=O)[C@H](CCCN=C(N)N)NC(=O)[C@@H](CC(=O)[C@H](CCCCN)NC(=O)[C@H](CC(=O)O)CC(=O)[C@@H](NC(=O)[C@H](C)NC(=O)[C@@H]1CCCN1C(=O)[C@@H](C)CCCN=C(N)N)[C@@H](C)O)Cc1ccccc1)C(N)=O. The van der Waals surface area contributed by atoms with Gasteiger partial charge < -0.3 is 70.8 Å². The van der Waals surface area contributed by atoms with Crippen molar-refractivity contribution in [3.63, 3.8) is 0 Å². The van der Waals surface area contributed by atoms with Gasteiger partial charge in [0.2, 0.25) is 35.4 Å². The number of nitrogens with two attached hydrogens (primary N) is 6. The molecular weight excluding hydrogens is 1010 g/mol. The maximum Gasteiger partial charge on any atom is 0.304 e. The van der Waals surface area contributed by atoms with Crippen LogP contribution in [0.4, 0.5) is 0 Å². The average molecular weight is 1100 g/mol. The smallest absolute Gasteiger partial charge is 0.304 e.